The molecule has 1 aromatic carbocycles. The molecule has 2 rings (SSSR count). The summed E-state index contributed by atoms with van der Waals surface area (Å²) in [5, 5.41) is 9.19. The van der Waals surface area contributed by atoms with Crippen LogP contribution in [0.3, 0.4) is 0 Å². The van der Waals surface area contributed by atoms with Gasteiger partial charge in [0.15, 0.2) is 0 Å². The van der Waals surface area contributed by atoms with Crippen LogP contribution in [0, 0.1) is 18.3 Å². The minimum atomic E-state index is -0.253. The number of piperazine rings is 1. The lowest BCUT2D eigenvalue weighted by Gasteiger charge is -2.35. The molecule has 1 heterocycles. The Morgan fingerprint density at radius 2 is 2.05 bits per heavy atom. The zero-order valence-electron chi connectivity index (χ0n) is 11.9. The van der Waals surface area contributed by atoms with Crippen LogP contribution in [0.15, 0.2) is 18.2 Å². The van der Waals surface area contributed by atoms with Gasteiger partial charge in [0.2, 0.25) is 0 Å². The normalized spacial score (nSPS) is 14.8. The quantitative estimate of drug-likeness (QED) is 0.828. The Morgan fingerprint density at radius 3 is 2.65 bits per heavy atom. The van der Waals surface area contributed by atoms with Gasteiger partial charge in [-0.3, -0.25) is 0 Å². The lowest BCUT2D eigenvalue weighted by molar-refractivity contribution is 0.105. The van der Waals surface area contributed by atoms with E-state index in [1.165, 1.54) is 0 Å². The van der Waals surface area contributed by atoms with Crippen molar-refractivity contribution in [2.24, 2.45) is 0 Å². The fraction of sp³-hybridized carbons (Fsp3) is 0.467. The maximum absolute atomic E-state index is 11.7. The molecular formula is C15H19N3O2. The third-order valence-corrected chi connectivity index (χ3v) is 3.42. The molecule has 0 N–H and O–H groups in total. The predicted molar refractivity (Wildman–Crippen MR) is 76.7 cm³/mol. The number of nitrogens with zero attached hydrogens (tertiary/aromatic N) is 3. The Labute approximate surface area is 119 Å². The first-order valence-corrected chi connectivity index (χ1v) is 6.83. The van der Waals surface area contributed by atoms with Crippen LogP contribution >= 0.6 is 0 Å². The van der Waals surface area contributed by atoms with Crippen molar-refractivity contribution >= 4 is 11.8 Å². The van der Waals surface area contributed by atoms with Crippen LogP contribution in [0.25, 0.3) is 0 Å². The minimum absolute atomic E-state index is 0.253. The van der Waals surface area contributed by atoms with E-state index in [9.17, 15) is 10.1 Å². The number of anilines is 1. The molecular weight excluding hydrogens is 254 g/mol. The third-order valence-electron chi connectivity index (χ3n) is 3.42. The van der Waals surface area contributed by atoms with E-state index < -0.39 is 0 Å². The van der Waals surface area contributed by atoms with E-state index in [-0.39, 0.29) is 6.09 Å². The van der Waals surface area contributed by atoms with Crippen molar-refractivity contribution in [1.82, 2.24) is 4.90 Å². The van der Waals surface area contributed by atoms with Gasteiger partial charge < -0.3 is 14.5 Å². The smallest absolute Gasteiger partial charge is 0.409 e. The summed E-state index contributed by atoms with van der Waals surface area (Å²) < 4.78 is 5.00. The first-order valence-electron chi connectivity index (χ1n) is 6.83. The molecule has 0 unspecified atom stereocenters. The molecule has 106 valence electrons. The lowest BCUT2D eigenvalue weighted by atomic mass is 10.1. The maximum Gasteiger partial charge on any atom is 0.409 e. The van der Waals surface area contributed by atoms with Crippen LogP contribution in [0.1, 0.15) is 18.1 Å². The molecule has 1 aromatic rings. The largest absolute Gasteiger partial charge is 0.450 e. The highest BCUT2D eigenvalue weighted by Gasteiger charge is 2.23. The summed E-state index contributed by atoms with van der Waals surface area (Å²) in [6, 6.07) is 8.04. The van der Waals surface area contributed by atoms with Gasteiger partial charge in [-0.2, -0.15) is 5.26 Å². The van der Waals surface area contributed by atoms with Crippen LogP contribution in [-0.2, 0) is 4.74 Å². The van der Waals surface area contributed by atoms with Crippen LogP contribution in [0.2, 0.25) is 0 Å². The average molecular weight is 273 g/mol. The molecule has 20 heavy (non-hydrogen) atoms. The Kier molecular flexibility index (Phi) is 4.46. The first kappa shape index (κ1) is 14.2. The van der Waals surface area contributed by atoms with Gasteiger partial charge in [-0.15, -0.1) is 0 Å². The molecule has 1 fully saturated rings. The van der Waals surface area contributed by atoms with Crippen molar-refractivity contribution in [2.45, 2.75) is 13.8 Å². The summed E-state index contributed by atoms with van der Waals surface area (Å²) in [5.41, 5.74) is 2.77. The molecule has 0 aromatic heterocycles. The number of nitriles is 1. The Morgan fingerprint density at radius 1 is 1.35 bits per heavy atom. The van der Waals surface area contributed by atoms with Crippen molar-refractivity contribution in [3.05, 3.63) is 29.3 Å². The van der Waals surface area contributed by atoms with E-state index in [2.05, 4.69) is 11.0 Å². The molecule has 0 bridgehead atoms. The molecule has 0 saturated carbocycles. The molecule has 1 aliphatic rings. The number of carbonyl (C=O) groups excluding carboxylic acids is 1. The van der Waals surface area contributed by atoms with Crippen molar-refractivity contribution in [3.8, 4) is 6.07 Å². The van der Waals surface area contributed by atoms with E-state index in [1.54, 1.807) is 11.8 Å². The topological polar surface area (TPSA) is 56.6 Å². The fourth-order valence-electron chi connectivity index (χ4n) is 2.34. The number of ether oxygens (including phenoxy) is 1. The highest BCUT2D eigenvalue weighted by atomic mass is 16.6. The van der Waals surface area contributed by atoms with Gasteiger partial charge in [0.1, 0.15) is 6.07 Å². The summed E-state index contributed by atoms with van der Waals surface area (Å²) in [6.45, 7) is 6.90. The number of rotatable bonds is 2. The lowest BCUT2D eigenvalue weighted by Crippen LogP contribution is -2.49. The summed E-state index contributed by atoms with van der Waals surface area (Å²) in [4.78, 5) is 15.5. The zero-order chi connectivity index (χ0) is 14.5. The standard InChI is InChI=1S/C15H19N3O2/c1-3-20-15(19)18-8-6-17(7-9-18)14-10-12(2)4-5-13(14)11-16/h4-5,10H,3,6-9H2,1-2H3. The van der Waals surface area contributed by atoms with Gasteiger partial charge in [0.25, 0.3) is 0 Å². The van der Waals surface area contributed by atoms with Crippen molar-refractivity contribution in [2.75, 3.05) is 37.7 Å². The van der Waals surface area contributed by atoms with Crippen LogP contribution in [-0.4, -0.2) is 43.8 Å². The van der Waals surface area contributed by atoms with Gasteiger partial charge >= 0.3 is 6.09 Å². The van der Waals surface area contributed by atoms with E-state index >= 15 is 0 Å². The van der Waals surface area contributed by atoms with Crippen LogP contribution < -0.4 is 4.90 Å². The van der Waals surface area contributed by atoms with Crippen molar-refractivity contribution in [1.29, 1.82) is 5.26 Å². The summed E-state index contributed by atoms with van der Waals surface area (Å²) in [7, 11) is 0. The Balaban J connectivity index is 2.06. The van der Waals surface area contributed by atoms with Crippen LogP contribution in [0.5, 0.6) is 0 Å². The molecule has 1 saturated heterocycles. The van der Waals surface area contributed by atoms with Gasteiger partial charge in [-0.1, -0.05) is 6.07 Å². The minimum Gasteiger partial charge on any atom is -0.450 e. The third kappa shape index (κ3) is 3.02. The second-order valence-electron chi connectivity index (χ2n) is 4.81. The number of benzene rings is 1. The molecule has 0 radical (unpaired) electrons. The van der Waals surface area contributed by atoms with Crippen molar-refractivity contribution < 1.29 is 9.53 Å². The van der Waals surface area contributed by atoms with E-state index in [4.69, 9.17) is 4.74 Å². The fourth-order valence-corrected chi connectivity index (χ4v) is 2.34. The van der Waals surface area contributed by atoms with Crippen molar-refractivity contribution in [3.63, 3.8) is 0 Å². The summed E-state index contributed by atoms with van der Waals surface area (Å²) in [5.74, 6) is 0. The number of carbonyl (C=O) groups is 1. The number of hydrogen-bond acceptors (Lipinski definition) is 4. The van der Waals surface area contributed by atoms with E-state index in [0.29, 0.717) is 25.3 Å². The molecule has 0 aliphatic carbocycles. The van der Waals surface area contributed by atoms with Crippen LogP contribution in [0.4, 0.5) is 10.5 Å². The SMILES string of the molecule is CCOC(=O)N1CCN(c2cc(C)ccc2C#N)CC1. The Bertz CT molecular complexity index is 528. The number of aryl methyl sites for hydroxylation is 1. The highest BCUT2D eigenvalue weighted by molar-refractivity contribution is 5.68. The monoisotopic (exact) mass is 273 g/mol. The summed E-state index contributed by atoms with van der Waals surface area (Å²) >= 11 is 0. The second-order valence-corrected chi connectivity index (χ2v) is 4.81. The van der Waals surface area contributed by atoms with E-state index in [1.807, 2.05) is 25.1 Å². The van der Waals surface area contributed by atoms with E-state index in [0.717, 1.165) is 24.3 Å². The second kappa shape index (κ2) is 6.29. The molecule has 5 heteroatoms. The number of amides is 1. The van der Waals surface area contributed by atoms with Gasteiger partial charge in [-0.25, -0.2) is 4.79 Å². The molecule has 0 spiro atoms. The molecule has 0 atom stereocenters. The molecule has 5 nitrogen and oxygen atoms in total. The number of hydrogen-bond donors (Lipinski definition) is 0. The first-order chi connectivity index (χ1) is 9.65. The summed E-state index contributed by atoms with van der Waals surface area (Å²) in [6.07, 6.45) is -0.253. The molecule has 1 amide bonds. The maximum atomic E-state index is 11.7. The highest BCUT2D eigenvalue weighted by Crippen LogP contribution is 2.23. The van der Waals surface area contributed by atoms with Gasteiger partial charge in [0, 0.05) is 26.2 Å². The van der Waals surface area contributed by atoms with Gasteiger partial charge in [-0.05, 0) is 31.5 Å². The Hall–Kier alpha value is -2.22. The molecule has 1 aliphatic heterocycles. The predicted octanol–water partition coefficient (Wildman–Crippen LogP) is 2.15. The van der Waals surface area contributed by atoms with Gasteiger partial charge in [0.05, 0.1) is 17.9 Å². The average Bonchev–Trinajstić information content (AvgIpc) is 2.47. The zero-order valence-corrected chi connectivity index (χ0v) is 11.9.